The highest BCUT2D eigenvalue weighted by atomic mass is 79.9. The summed E-state index contributed by atoms with van der Waals surface area (Å²) in [6.07, 6.45) is 3.45. The third-order valence-electron chi connectivity index (χ3n) is 0.749. The average Bonchev–Trinajstić information content (AvgIpc) is 2.00. The Kier molecular flexibility index (Phi) is 5.12. The Morgan fingerprint density at radius 3 is 1.90 bits per heavy atom. The van der Waals surface area contributed by atoms with Crippen LogP contribution in [-0.2, 0) is 0 Å². The molecule has 0 N–H and O–H groups in total. The van der Waals surface area contributed by atoms with Crippen LogP contribution >= 0.6 is 15.9 Å². The van der Waals surface area contributed by atoms with Crippen LogP contribution in [0.2, 0.25) is 0 Å². The SMILES string of the molecule is CC.Cc1ncc(Br)cn1. The van der Waals surface area contributed by atoms with E-state index in [1.807, 2.05) is 20.8 Å². The molecule has 0 saturated carbocycles. The standard InChI is InChI=1S/C5H5BrN2.C2H6/c1-4-7-2-5(6)3-8-4;1-2/h2-3H,1H3;1-2H3. The van der Waals surface area contributed by atoms with Gasteiger partial charge in [-0.1, -0.05) is 13.8 Å². The maximum absolute atomic E-state index is 3.92. The van der Waals surface area contributed by atoms with E-state index in [1.54, 1.807) is 12.4 Å². The molecule has 0 bridgehead atoms. The Labute approximate surface area is 69.8 Å². The second-order valence-corrected chi connectivity index (χ2v) is 2.36. The lowest BCUT2D eigenvalue weighted by Gasteiger charge is -1.87. The second kappa shape index (κ2) is 5.35. The van der Waals surface area contributed by atoms with E-state index >= 15 is 0 Å². The van der Waals surface area contributed by atoms with Crippen molar-refractivity contribution < 1.29 is 0 Å². The average molecular weight is 203 g/mol. The first-order valence-corrected chi connectivity index (χ1v) is 4.02. The number of nitrogens with zero attached hydrogens (tertiary/aromatic N) is 2. The van der Waals surface area contributed by atoms with Gasteiger partial charge in [0.25, 0.3) is 0 Å². The van der Waals surface area contributed by atoms with Crippen LogP contribution in [0.15, 0.2) is 16.9 Å². The minimum atomic E-state index is 0.799. The van der Waals surface area contributed by atoms with Gasteiger partial charge in [0.2, 0.25) is 0 Å². The molecule has 0 spiro atoms. The topological polar surface area (TPSA) is 25.8 Å². The van der Waals surface area contributed by atoms with Crippen LogP contribution in [0.1, 0.15) is 19.7 Å². The van der Waals surface area contributed by atoms with Crippen molar-refractivity contribution in [3.05, 3.63) is 22.7 Å². The summed E-state index contributed by atoms with van der Waals surface area (Å²) in [6.45, 7) is 5.85. The predicted molar refractivity (Wildman–Crippen MR) is 45.8 cm³/mol. The fraction of sp³-hybridized carbons (Fsp3) is 0.429. The molecule has 1 rings (SSSR count). The van der Waals surface area contributed by atoms with E-state index in [1.165, 1.54) is 0 Å². The van der Waals surface area contributed by atoms with Gasteiger partial charge in [0.05, 0.1) is 4.47 Å². The van der Waals surface area contributed by atoms with Gasteiger partial charge in [-0.15, -0.1) is 0 Å². The van der Waals surface area contributed by atoms with E-state index in [4.69, 9.17) is 0 Å². The summed E-state index contributed by atoms with van der Waals surface area (Å²) in [5, 5.41) is 0. The molecular weight excluding hydrogens is 192 g/mol. The fourth-order valence-corrected chi connectivity index (χ4v) is 0.582. The molecule has 0 unspecified atom stereocenters. The van der Waals surface area contributed by atoms with E-state index in [0.29, 0.717) is 0 Å². The van der Waals surface area contributed by atoms with Crippen LogP contribution in [-0.4, -0.2) is 9.97 Å². The van der Waals surface area contributed by atoms with Gasteiger partial charge in [-0.2, -0.15) is 0 Å². The molecule has 0 aliphatic heterocycles. The molecule has 0 saturated heterocycles. The number of aryl methyl sites for hydroxylation is 1. The zero-order valence-electron chi connectivity index (χ0n) is 6.43. The largest absolute Gasteiger partial charge is 0.241 e. The molecular formula is C7H11BrN2. The fourth-order valence-electron chi connectivity index (χ4n) is 0.377. The Balaban J connectivity index is 0.000000371. The van der Waals surface area contributed by atoms with Gasteiger partial charge in [0.15, 0.2) is 0 Å². The first-order chi connectivity index (χ1) is 4.79. The summed E-state index contributed by atoms with van der Waals surface area (Å²) in [5.41, 5.74) is 0. The summed E-state index contributed by atoms with van der Waals surface area (Å²) < 4.78 is 0.920. The molecule has 0 aliphatic carbocycles. The molecule has 1 aromatic heterocycles. The molecule has 0 atom stereocenters. The maximum Gasteiger partial charge on any atom is 0.125 e. The van der Waals surface area contributed by atoms with Crippen molar-refractivity contribution in [3.63, 3.8) is 0 Å². The first kappa shape index (κ1) is 9.56. The number of aromatic nitrogens is 2. The molecule has 1 aromatic rings. The highest BCUT2D eigenvalue weighted by molar-refractivity contribution is 9.10. The van der Waals surface area contributed by atoms with Crippen molar-refractivity contribution in [2.24, 2.45) is 0 Å². The van der Waals surface area contributed by atoms with Crippen LogP contribution in [0, 0.1) is 6.92 Å². The first-order valence-electron chi connectivity index (χ1n) is 3.23. The lowest BCUT2D eigenvalue weighted by atomic mass is 10.6. The number of halogens is 1. The van der Waals surface area contributed by atoms with Crippen molar-refractivity contribution in [2.45, 2.75) is 20.8 Å². The van der Waals surface area contributed by atoms with Gasteiger partial charge < -0.3 is 0 Å². The highest BCUT2D eigenvalue weighted by Crippen LogP contribution is 2.02. The molecule has 0 aliphatic rings. The molecule has 1 heterocycles. The monoisotopic (exact) mass is 202 g/mol. The predicted octanol–water partition coefficient (Wildman–Crippen LogP) is 2.57. The van der Waals surface area contributed by atoms with Gasteiger partial charge in [-0.25, -0.2) is 9.97 Å². The number of hydrogen-bond acceptors (Lipinski definition) is 2. The molecule has 3 heteroatoms. The molecule has 56 valence electrons. The van der Waals surface area contributed by atoms with Crippen LogP contribution < -0.4 is 0 Å². The molecule has 0 aromatic carbocycles. The molecule has 2 nitrogen and oxygen atoms in total. The minimum absolute atomic E-state index is 0.799. The number of rotatable bonds is 0. The minimum Gasteiger partial charge on any atom is -0.241 e. The summed E-state index contributed by atoms with van der Waals surface area (Å²) in [6, 6.07) is 0. The second-order valence-electron chi connectivity index (χ2n) is 1.45. The van der Waals surface area contributed by atoms with Gasteiger partial charge in [-0.05, 0) is 22.9 Å². The lowest BCUT2D eigenvalue weighted by molar-refractivity contribution is 1.04. The normalized spacial score (nSPS) is 8.00. The number of hydrogen-bond donors (Lipinski definition) is 0. The summed E-state index contributed by atoms with van der Waals surface area (Å²) in [7, 11) is 0. The van der Waals surface area contributed by atoms with Crippen molar-refractivity contribution in [1.82, 2.24) is 9.97 Å². The third-order valence-corrected chi connectivity index (χ3v) is 1.16. The summed E-state index contributed by atoms with van der Waals surface area (Å²) in [4.78, 5) is 7.84. The van der Waals surface area contributed by atoms with E-state index in [0.717, 1.165) is 10.3 Å². The highest BCUT2D eigenvalue weighted by Gasteiger charge is 1.84. The van der Waals surface area contributed by atoms with Gasteiger partial charge in [0, 0.05) is 12.4 Å². The Morgan fingerprint density at radius 1 is 1.20 bits per heavy atom. The van der Waals surface area contributed by atoms with E-state index < -0.39 is 0 Å². The van der Waals surface area contributed by atoms with Crippen molar-refractivity contribution in [1.29, 1.82) is 0 Å². The summed E-state index contributed by atoms with van der Waals surface area (Å²) in [5.74, 6) is 0.799. The van der Waals surface area contributed by atoms with Crippen molar-refractivity contribution in [2.75, 3.05) is 0 Å². The quantitative estimate of drug-likeness (QED) is 0.647. The van der Waals surface area contributed by atoms with Crippen LogP contribution in [0.25, 0.3) is 0 Å². The molecule has 0 fully saturated rings. The summed E-state index contributed by atoms with van der Waals surface area (Å²) >= 11 is 3.22. The van der Waals surface area contributed by atoms with Gasteiger partial charge >= 0.3 is 0 Å². The molecule has 0 amide bonds. The maximum atomic E-state index is 3.92. The Morgan fingerprint density at radius 2 is 1.60 bits per heavy atom. The molecule has 0 radical (unpaired) electrons. The van der Waals surface area contributed by atoms with Gasteiger partial charge in [0.1, 0.15) is 5.82 Å². The zero-order valence-corrected chi connectivity index (χ0v) is 8.01. The van der Waals surface area contributed by atoms with Crippen molar-refractivity contribution >= 4 is 15.9 Å². The Bertz CT molecular complexity index is 150. The van der Waals surface area contributed by atoms with E-state index in [-0.39, 0.29) is 0 Å². The zero-order chi connectivity index (χ0) is 7.98. The van der Waals surface area contributed by atoms with E-state index in [2.05, 4.69) is 25.9 Å². The third kappa shape index (κ3) is 3.56. The van der Waals surface area contributed by atoms with Gasteiger partial charge in [-0.3, -0.25) is 0 Å². The lowest BCUT2D eigenvalue weighted by Crippen LogP contribution is -1.82. The molecule has 10 heavy (non-hydrogen) atoms. The van der Waals surface area contributed by atoms with Crippen molar-refractivity contribution in [3.8, 4) is 0 Å². The van der Waals surface area contributed by atoms with Crippen LogP contribution in [0.5, 0.6) is 0 Å². The van der Waals surface area contributed by atoms with E-state index in [9.17, 15) is 0 Å². The van der Waals surface area contributed by atoms with Crippen LogP contribution in [0.4, 0.5) is 0 Å². The smallest absolute Gasteiger partial charge is 0.125 e. The van der Waals surface area contributed by atoms with Crippen LogP contribution in [0.3, 0.4) is 0 Å². The Hall–Kier alpha value is -0.440.